The molecule has 0 saturated heterocycles. The van der Waals surface area contributed by atoms with Gasteiger partial charge in [0.25, 0.3) is 0 Å². The summed E-state index contributed by atoms with van der Waals surface area (Å²) >= 11 is 6.41. The van der Waals surface area contributed by atoms with E-state index >= 15 is 0 Å². The largest absolute Gasteiger partial charge is 0.464 e. The number of esters is 1. The predicted octanol–water partition coefficient (Wildman–Crippen LogP) is 0.582. The van der Waals surface area contributed by atoms with Crippen molar-refractivity contribution in [3.63, 3.8) is 0 Å². The van der Waals surface area contributed by atoms with Crippen LogP contribution in [-0.4, -0.2) is 39.3 Å². The third kappa shape index (κ3) is 4.06. The second-order valence-electron chi connectivity index (χ2n) is 5.63. The fraction of sp³-hybridized carbons (Fsp3) is 0.294. The maximum atomic E-state index is 12.0. The van der Waals surface area contributed by atoms with Crippen LogP contribution in [0.15, 0.2) is 12.1 Å². The fourth-order valence-corrected chi connectivity index (χ4v) is 3.21. The second-order valence-corrected chi connectivity index (χ2v) is 6.01. The van der Waals surface area contributed by atoms with Crippen molar-refractivity contribution in [3.05, 3.63) is 45.2 Å². The summed E-state index contributed by atoms with van der Waals surface area (Å²) in [5.41, 5.74) is 7.85. The van der Waals surface area contributed by atoms with Gasteiger partial charge in [-0.1, -0.05) is 23.7 Å². The topological polar surface area (TPSA) is 165 Å². The van der Waals surface area contributed by atoms with Gasteiger partial charge in [0.2, 0.25) is 0 Å². The first-order valence-electron chi connectivity index (χ1n) is 7.92. The minimum atomic E-state index is -0.685. The van der Waals surface area contributed by atoms with Gasteiger partial charge in [0.1, 0.15) is 5.69 Å². The van der Waals surface area contributed by atoms with Crippen molar-refractivity contribution >= 4 is 23.5 Å². The van der Waals surface area contributed by atoms with Crippen LogP contribution in [0.25, 0.3) is 11.1 Å². The molecule has 0 aliphatic heterocycles. The Morgan fingerprint density at radius 3 is 2.44 bits per heavy atom. The number of carbonyl (C=O) groups excluding carboxylic acids is 1. The summed E-state index contributed by atoms with van der Waals surface area (Å²) < 4.78 is 4.72. The van der Waals surface area contributed by atoms with E-state index in [1.54, 1.807) is 12.1 Å². The first kappa shape index (κ1) is 20.7. The van der Waals surface area contributed by atoms with Crippen LogP contribution in [0, 0.1) is 5.41 Å². The number of ether oxygens (including phenoxy) is 1. The number of aromatic amines is 1. The molecule has 0 atom stereocenters. The highest BCUT2D eigenvalue weighted by Gasteiger charge is 2.25. The SMILES string of the molecule is COC(=O)c1[nH]c(CNC(=N)N)c(-c2ccc(CO)c(CO)c2CO)c1Cl. The van der Waals surface area contributed by atoms with Gasteiger partial charge < -0.3 is 36.1 Å². The van der Waals surface area contributed by atoms with Crippen molar-refractivity contribution in [1.29, 1.82) is 5.41 Å². The van der Waals surface area contributed by atoms with E-state index in [-0.39, 0.29) is 29.8 Å². The maximum absolute atomic E-state index is 12.0. The molecule has 10 heteroatoms. The van der Waals surface area contributed by atoms with Crippen LogP contribution >= 0.6 is 11.6 Å². The Labute approximate surface area is 160 Å². The van der Waals surface area contributed by atoms with Gasteiger partial charge >= 0.3 is 5.97 Å². The molecule has 0 bridgehead atoms. The van der Waals surface area contributed by atoms with Gasteiger partial charge in [0.15, 0.2) is 5.96 Å². The number of hydrogen-bond donors (Lipinski definition) is 7. The molecule has 1 aromatic carbocycles. The molecule has 2 rings (SSSR count). The molecule has 27 heavy (non-hydrogen) atoms. The van der Waals surface area contributed by atoms with Crippen LogP contribution in [0.5, 0.6) is 0 Å². The van der Waals surface area contributed by atoms with E-state index in [0.717, 1.165) is 0 Å². The summed E-state index contributed by atoms with van der Waals surface area (Å²) in [5, 5.41) is 39.0. The number of aliphatic hydroxyl groups is 3. The average Bonchev–Trinajstić information content (AvgIpc) is 3.00. The number of carbonyl (C=O) groups is 1. The quantitative estimate of drug-likeness (QED) is 0.204. The number of aromatic nitrogens is 1. The number of H-pyrrole nitrogens is 1. The molecule has 0 amide bonds. The molecule has 146 valence electrons. The van der Waals surface area contributed by atoms with Gasteiger partial charge in [-0.15, -0.1) is 0 Å². The van der Waals surface area contributed by atoms with E-state index in [1.165, 1.54) is 7.11 Å². The van der Waals surface area contributed by atoms with E-state index < -0.39 is 19.2 Å². The standard InChI is InChI=1S/C17H21ClN4O5/c1-27-16(26)15-14(18)13(12(22-15)4-21-17(19)20)9-3-2-8(5-23)10(6-24)11(9)7-25/h2-3,22-25H,4-7H2,1H3,(H4,19,20,21). The Morgan fingerprint density at radius 2 is 1.93 bits per heavy atom. The lowest BCUT2D eigenvalue weighted by Crippen LogP contribution is -2.29. The Bertz CT molecular complexity index is 865. The number of nitrogens with one attached hydrogen (secondary N) is 3. The lowest BCUT2D eigenvalue weighted by Gasteiger charge is -2.16. The van der Waals surface area contributed by atoms with E-state index in [4.69, 9.17) is 27.5 Å². The monoisotopic (exact) mass is 396 g/mol. The maximum Gasteiger partial charge on any atom is 0.356 e. The van der Waals surface area contributed by atoms with Gasteiger partial charge in [-0.25, -0.2) is 4.79 Å². The van der Waals surface area contributed by atoms with Crippen molar-refractivity contribution in [2.45, 2.75) is 26.4 Å². The van der Waals surface area contributed by atoms with Gasteiger partial charge in [-0.05, 0) is 22.3 Å². The third-order valence-electron chi connectivity index (χ3n) is 4.15. The molecule has 0 saturated carbocycles. The van der Waals surface area contributed by atoms with Crippen LogP contribution in [0.4, 0.5) is 0 Å². The Morgan fingerprint density at radius 1 is 1.26 bits per heavy atom. The lowest BCUT2D eigenvalue weighted by molar-refractivity contribution is 0.0595. The van der Waals surface area contributed by atoms with E-state index in [1.807, 2.05) is 0 Å². The summed E-state index contributed by atoms with van der Waals surface area (Å²) in [6, 6.07) is 3.23. The molecule has 0 radical (unpaired) electrons. The molecule has 1 heterocycles. The number of nitrogens with two attached hydrogens (primary N) is 1. The molecule has 0 aliphatic rings. The molecule has 0 fully saturated rings. The first-order chi connectivity index (χ1) is 12.9. The molecule has 0 unspecified atom stereocenters. The van der Waals surface area contributed by atoms with Gasteiger partial charge in [-0.2, -0.15) is 0 Å². The van der Waals surface area contributed by atoms with Gasteiger partial charge in [-0.3, -0.25) is 5.41 Å². The number of methoxy groups -OCH3 is 1. The second kappa shape index (κ2) is 8.87. The smallest absolute Gasteiger partial charge is 0.356 e. The highest BCUT2D eigenvalue weighted by atomic mass is 35.5. The van der Waals surface area contributed by atoms with Crippen LogP contribution in [0.3, 0.4) is 0 Å². The summed E-state index contributed by atoms with van der Waals surface area (Å²) in [6.07, 6.45) is 0. The zero-order valence-electron chi connectivity index (χ0n) is 14.6. The summed E-state index contributed by atoms with van der Waals surface area (Å²) in [5.74, 6) is -0.962. The van der Waals surface area contributed by atoms with Crippen molar-refractivity contribution in [3.8, 4) is 11.1 Å². The zero-order chi connectivity index (χ0) is 20.1. The predicted molar refractivity (Wildman–Crippen MR) is 99.1 cm³/mol. The Balaban J connectivity index is 2.74. The molecule has 1 aromatic heterocycles. The van der Waals surface area contributed by atoms with Crippen molar-refractivity contribution in [2.24, 2.45) is 5.73 Å². The lowest BCUT2D eigenvalue weighted by atomic mass is 9.92. The molecule has 8 N–H and O–H groups in total. The molecule has 2 aromatic rings. The summed E-state index contributed by atoms with van der Waals surface area (Å²) in [6.45, 7) is -1.07. The van der Waals surface area contributed by atoms with Crippen molar-refractivity contribution in [1.82, 2.24) is 10.3 Å². The summed E-state index contributed by atoms with van der Waals surface area (Å²) in [4.78, 5) is 14.9. The zero-order valence-corrected chi connectivity index (χ0v) is 15.4. The number of aliphatic hydroxyl groups excluding tert-OH is 3. The Hall–Kier alpha value is -2.59. The number of guanidine groups is 1. The summed E-state index contributed by atoms with van der Waals surface area (Å²) in [7, 11) is 1.21. The number of halogens is 1. The highest BCUT2D eigenvalue weighted by molar-refractivity contribution is 6.36. The molecular weight excluding hydrogens is 376 g/mol. The van der Waals surface area contributed by atoms with E-state index in [9.17, 15) is 20.1 Å². The third-order valence-corrected chi connectivity index (χ3v) is 4.52. The molecular formula is C17H21ClN4O5. The van der Waals surface area contributed by atoms with Gasteiger partial charge in [0, 0.05) is 11.3 Å². The van der Waals surface area contributed by atoms with Crippen LogP contribution in [0.2, 0.25) is 5.02 Å². The van der Waals surface area contributed by atoms with Crippen LogP contribution in [0.1, 0.15) is 32.9 Å². The minimum Gasteiger partial charge on any atom is -0.464 e. The molecule has 9 nitrogen and oxygen atoms in total. The molecule has 0 spiro atoms. The van der Waals surface area contributed by atoms with Crippen LogP contribution < -0.4 is 11.1 Å². The Kier molecular flexibility index (Phi) is 6.81. The first-order valence-corrected chi connectivity index (χ1v) is 8.30. The number of rotatable bonds is 7. The minimum absolute atomic E-state index is 0.00944. The van der Waals surface area contributed by atoms with Gasteiger partial charge in [0.05, 0.1) is 38.5 Å². The van der Waals surface area contributed by atoms with Crippen molar-refractivity contribution < 1.29 is 24.9 Å². The van der Waals surface area contributed by atoms with Crippen molar-refractivity contribution in [2.75, 3.05) is 7.11 Å². The normalized spacial score (nSPS) is 10.7. The molecule has 0 aliphatic carbocycles. The number of benzene rings is 1. The van der Waals surface area contributed by atoms with E-state index in [0.29, 0.717) is 33.5 Å². The highest BCUT2D eigenvalue weighted by Crippen LogP contribution is 2.38. The fourth-order valence-electron chi connectivity index (χ4n) is 2.87. The van der Waals surface area contributed by atoms with E-state index in [2.05, 4.69) is 10.3 Å². The van der Waals surface area contributed by atoms with Crippen LogP contribution in [-0.2, 0) is 31.1 Å². The number of hydrogen-bond acceptors (Lipinski definition) is 6. The average molecular weight is 397 g/mol.